The fourth-order valence-corrected chi connectivity index (χ4v) is 1.56. The van der Waals surface area contributed by atoms with Gasteiger partial charge in [-0.3, -0.25) is 4.72 Å². The average molecular weight is 201 g/mol. The van der Waals surface area contributed by atoms with Crippen LogP contribution >= 0.6 is 23.5 Å². The molecule has 3 N–H and O–H groups in total. The van der Waals surface area contributed by atoms with Gasteiger partial charge in [0.05, 0.1) is 10.6 Å². The van der Waals surface area contributed by atoms with Crippen LogP contribution in [0, 0.1) is 0 Å². The minimum atomic E-state index is 0.384. The second-order valence-electron chi connectivity index (χ2n) is 2.18. The molecule has 0 radical (unpaired) electrons. The topological polar surface area (TPSA) is 63.3 Å². The molecule has 4 nitrogen and oxygen atoms in total. The SMILES string of the molecule is NC1=Nc2cc(Cl)ncc2SN1. The Hall–Kier alpha value is -0.940. The number of halogens is 1. The highest BCUT2D eigenvalue weighted by molar-refractivity contribution is 7.98. The first kappa shape index (κ1) is 7.70. The molecule has 6 heteroatoms. The van der Waals surface area contributed by atoms with E-state index in [1.165, 1.54) is 11.9 Å². The molecular formula is C6H5ClN4S. The van der Waals surface area contributed by atoms with Crippen molar-refractivity contribution in [2.24, 2.45) is 10.7 Å². The van der Waals surface area contributed by atoms with Gasteiger partial charge in [-0.15, -0.1) is 0 Å². The van der Waals surface area contributed by atoms with Crippen molar-refractivity contribution in [3.63, 3.8) is 0 Å². The summed E-state index contributed by atoms with van der Waals surface area (Å²) >= 11 is 7.05. The molecule has 0 atom stereocenters. The van der Waals surface area contributed by atoms with Crippen molar-refractivity contribution >= 4 is 35.2 Å². The number of nitrogens with two attached hydrogens (primary N) is 1. The molecule has 2 heterocycles. The number of aromatic nitrogens is 1. The first-order valence-electron chi connectivity index (χ1n) is 3.18. The Bertz CT molecular complexity index is 351. The monoisotopic (exact) mass is 200 g/mol. The fourth-order valence-electron chi connectivity index (χ4n) is 0.834. The van der Waals surface area contributed by atoms with Crippen molar-refractivity contribution < 1.29 is 0 Å². The third kappa shape index (κ3) is 1.33. The summed E-state index contributed by atoms with van der Waals surface area (Å²) in [6.07, 6.45) is 1.66. The van der Waals surface area contributed by atoms with Gasteiger partial charge in [-0.25, -0.2) is 9.98 Å². The van der Waals surface area contributed by atoms with Crippen LogP contribution in [0.5, 0.6) is 0 Å². The first-order chi connectivity index (χ1) is 5.75. The van der Waals surface area contributed by atoms with E-state index in [4.69, 9.17) is 17.3 Å². The van der Waals surface area contributed by atoms with E-state index in [2.05, 4.69) is 14.7 Å². The van der Waals surface area contributed by atoms with E-state index in [1.54, 1.807) is 12.3 Å². The maximum atomic E-state index is 5.67. The molecule has 12 heavy (non-hydrogen) atoms. The van der Waals surface area contributed by atoms with Crippen LogP contribution in [-0.4, -0.2) is 10.9 Å². The maximum Gasteiger partial charge on any atom is 0.204 e. The molecule has 0 bridgehead atoms. The van der Waals surface area contributed by atoms with Crippen molar-refractivity contribution in [3.05, 3.63) is 17.4 Å². The Morgan fingerprint density at radius 1 is 1.58 bits per heavy atom. The lowest BCUT2D eigenvalue weighted by Gasteiger charge is -2.12. The second-order valence-corrected chi connectivity index (χ2v) is 3.41. The van der Waals surface area contributed by atoms with E-state index < -0.39 is 0 Å². The minimum absolute atomic E-state index is 0.384. The number of hydrogen-bond acceptors (Lipinski definition) is 5. The smallest absolute Gasteiger partial charge is 0.204 e. The average Bonchev–Trinajstić information content (AvgIpc) is 2.03. The molecular weight excluding hydrogens is 196 g/mol. The molecule has 0 spiro atoms. The number of rotatable bonds is 0. The molecule has 1 aromatic rings. The molecule has 1 aliphatic heterocycles. The maximum absolute atomic E-state index is 5.67. The van der Waals surface area contributed by atoms with Gasteiger partial charge in [0.25, 0.3) is 0 Å². The normalized spacial score (nSPS) is 14.6. The number of hydrogen-bond donors (Lipinski definition) is 2. The summed E-state index contributed by atoms with van der Waals surface area (Å²) in [6.45, 7) is 0. The fraction of sp³-hybridized carbons (Fsp3) is 0. The van der Waals surface area contributed by atoms with E-state index in [1.807, 2.05) is 0 Å². The van der Waals surface area contributed by atoms with Crippen molar-refractivity contribution in [2.45, 2.75) is 4.90 Å². The Labute approximate surface area is 78.4 Å². The second kappa shape index (κ2) is 2.84. The molecule has 2 rings (SSSR count). The minimum Gasteiger partial charge on any atom is -0.369 e. The van der Waals surface area contributed by atoms with Crippen LogP contribution < -0.4 is 10.5 Å². The zero-order chi connectivity index (χ0) is 8.55. The molecule has 1 aromatic heterocycles. The lowest BCUT2D eigenvalue weighted by Crippen LogP contribution is -2.27. The number of fused-ring (bicyclic) bond motifs is 1. The number of nitrogens with one attached hydrogen (secondary N) is 1. The molecule has 0 amide bonds. The lowest BCUT2D eigenvalue weighted by atomic mass is 10.4. The third-order valence-electron chi connectivity index (χ3n) is 1.32. The van der Waals surface area contributed by atoms with Crippen LogP contribution in [0.25, 0.3) is 0 Å². The van der Waals surface area contributed by atoms with Crippen molar-refractivity contribution in [2.75, 3.05) is 0 Å². The zero-order valence-corrected chi connectivity index (χ0v) is 7.49. The van der Waals surface area contributed by atoms with Crippen molar-refractivity contribution in [1.29, 1.82) is 0 Å². The standard InChI is InChI=1S/C6H5ClN4S/c7-5-1-3-4(2-9-5)12-11-6(8)10-3/h1-2H,(H3,8,10,11). The van der Waals surface area contributed by atoms with Gasteiger partial charge in [-0.05, 0) is 11.9 Å². The summed E-state index contributed by atoms with van der Waals surface area (Å²) in [5.41, 5.74) is 6.21. The van der Waals surface area contributed by atoms with E-state index in [0.29, 0.717) is 11.1 Å². The van der Waals surface area contributed by atoms with Gasteiger partial charge in [-0.1, -0.05) is 11.6 Å². The Kier molecular flexibility index (Phi) is 1.82. The summed E-state index contributed by atoms with van der Waals surface area (Å²) in [6, 6.07) is 1.68. The molecule has 0 aliphatic carbocycles. The molecule has 0 aromatic carbocycles. The molecule has 0 fully saturated rings. The third-order valence-corrected chi connectivity index (χ3v) is 2.37. The summed E-state index contributed by atoms with van der Waals surface area (Å²) in [7, 11) is 0. The summed E-state index contributed by atoms with van der Waals surface area (Å²) in [4.78, 5) is 8.88. The molecule has 62 valence electrons. The van der Waals surface area contributed by atoms with Gasteiger partial charge in [0, 0.05) is 12.3 Å². The first-order valence-corrected chi connectivity index (χ1v) is 4.38. The van der Waals surface area contributed by atoms with E-state index in [9.17, 15) is 0 Å². The molecule has 0 unspecified atom stereocenters. The number of pyridine rings is 1. The lowest BCUT2D eigenvalue weighted by molar-refractivity contribution is 1.18. The molecule has 0 saturated heterocycles. The van der Waals surface area contributed by atoms with E-state index in [0.717, 1.165) is 10.6 Å². The summed E-state index contributed by atoms with van der Waals surface area (Å²) in [5.74, 6) is 0.384. The number of guanidine groups is 1. The van der Waals surface area contributed by atoms with Crippen molar-refractivity contribution in [3.8, 4) is 0 Å². The predicted molar refractivity (Wildman–Crippen MR) is 49.5 cm³/mol. The Morgan fingerprint density at radius 3 is 3.25 bits per heavy atom. The Morgan fingerprint density at radius 2 is 2.42 bits per heavy atom. The zero-order valence-electron chi connectivity index (χ0n) is 5.91. The van der Waals surface area contributed by atoms with E-state index >= 15 is 0 Å². The molecule has 1 aliphatic rings. The number of nitrogens with zero attached hydrogens (tertiary/aromatic N) is 2. The predicted octanol–water partition coefficient (Wildman–Crippen LogP) is 1.29. The van der Waals surface area contributed by atoms with Crippen LogP contribution in [0.3, 0.4) is 0 Å². The van der Waals surface area contributed by atoms with Gasteiger partial charge >= 0.3 is 0 Å². The van der Waals surface area contributed by atoms with Gasteiger partial charge < -0.3 is 5.73 Å². The van der Waals surface area contributed by atoms with Crippen molar-refractivity contribution in [1.82, 2.24) is 9.71 Å². The molecule has 0 saturated carbocycles. The van der Waals surface area contributed by atoms with Crippen LogP contribution in [0.15, 0.2) is 22.2 Å². The van der Waals surface area contributed by atoms with Gasteiger partial charge in [0.2, 0.25) is 5.96 Å². The van der Waals surface area contributed by atoms with Crippen LogP contribution in [0.2, 0.25) is 5.15 Å². The largest absolute Gasteiger partial charge is 0.369 e. The highest BCUT2D eigenvalue weighted by atomic mass is 35.5. The van der Waals surface area contributed by atoms with Gasteiger partial charge in [-0.2, -0.15) is 0 Å². The summed E-state index contributed by atoms with van der Waals surface area (Å²) in [5, 5.41) is 0.424. The van der Waals surface area contributed by atoms with Crippen LogP contribution in [0.1, 0.15) is 0 Å². The highest BCUT2D eigenvalue weighted by Crippen LogP contribution is 2.31. The quantitative estimate of drug-likeness (QED) is 0.490. The highest BCUT2D eigenvalue weighted by Gasteiger charge is 2.10. The number of aliphatic imine (C=N–C) groups is 1. The van der Waals surface area contributed by atoms with Gasteiger partial charge in [0.15, 0.2) is 0 Å². The van der Waals surface area contributed by atoms with Crippen LogP contribution in [-0.2, 0) is 0 Å². The van der Waals surface area contributed by atoms with Gasteiger partial charge in [0.1, 0.15) is 5.15 Å². The summed E-state index contributed by atoms with van der Waals surface area (Å²) < 4.78 is 2.82. The van der Waals surface area contributed by atoms with E-state index in [-0.39, 0.29) is 0 Å². The Balaban J connectivity index is 2.53. The van der Waals surface area contributed by atoms with Crippen LogP contribution in [0.4, 0.5) is 5.69 Å².